The molecule has 1 aromatic heterocycles. The summed E-state index contributed by atoms with van der Waals surface area (Å²) in [5.41, 5.74) is 6.37. The molecule has 5 rings (SSSR count). The summed E-state index contributed by atoms with van der Waals surface area (Å²) in [5.74, 6) is 0.543. The molecule has 1 aromatic rings. The monoisotopic (exact) mass is 331 g/mol. The SMILES string of the molecule is CC12CC(Nc3nc(NC4CCC(O)CC4)ncc3C(N)=O)(C1)C2. The molecule has 4 fully saturated rings. The summed E-state index contributed by atoms with van der Waals surface area (Å²) in [6.45, 7) is 2.29. The van der Waals surface area contributed by atoms with E-state index in [0.29, 0.717) is 22.7 Å². The van der Waals surface area contributed by atoms with Gasteiger partial charge in [0.25, 0.3) is 5.91 Å². The summed E-state index contributed by atoms with van der Waals surface area (Å²) < 4.78 is 0. The van der Waals surface area contributed by atoms with Crippen LogP contribution in [0.4, 0.5) is 11.8 Å². The van der Waals surface area contributed by atoms with Gasteiger partial charge >= 0.3 is 0 Å². The maximum absolute atomic E-state index is 11.7. The molecule has 0 radical (unpaired) electrons. The third-order valence-corrected chi connectivity index (χ3v) is 5.76. The summed E-state index contributed by atoms with van der Waals surface area (Å²) in [6.07, 6.45) is 8.05. The third-order valence-electron chi connectivity index (χ3n) is 5.76. The first-order valence-electron chi connectivity index (χ1n) is 8.76. The highest BCUT2D eigenvalue weighted by molar-refractivity contribution is 5.97. The number of aliphatic hydroxyl groups is 1. The standard InChI is InChI=1S/C17H25N5O2/c1-16-7-17(8-16,9-16)22-14-12(13(18)24)6-19-15(21-14)20-10-2-4-11(23)5-3-10/h6,10-11,23H,2-5,7-9H2,1H3,(H2,18,24)(H2,19,20,21,22). The van der Waals surface area contributed by atoms with Gasteiger partial charge in [0.1, 0.15) is 5.82 Å². The zero-order valence-corrected chi connectivity index (χ0v) is 14.0. The number of primary amides is 1. The highest BCUT2D eigenvalue weighted by Crippen LogP contribution is 2.68. The Morgan fingerprint density at radius 3 is 2.54 bits per heavy atom. The Kier molecular flexibility index (Phi) is 3.46. The zero-order chi connectivity index (χ0) is 16.9. The molecule has 4 aliphatic carbocycles. The predicted molar refractivity (Wildman–Crippen MR) is 90.7 cm³/mol. The maximum atomic E-state index is 11.7. The average Bonchev–Trinajstić information content (AvgIpc) is 2.47. The van der Waals surface area contributed by atoms with E-state index in [1.807, 2.05) is 0 Å². The molecular formula is C17H25N5O2. The van der Waals surface area contributed by atoms with Crippen molar-refractivity contribution in [3.05, 3.63) is 11.8 Å². The molecule has 4 aliphatic rings. The lowest BCUT2D eigenvalue weighted by atomic mass is 9.40. The number of aromatic nitrogens is 2. The highest BCUT2D eigenvalue weighted by atomic mass is 16.3. The number of aliphatic hydroxyl groups excluding tert-OH is 1. The first kappa shape index (κ1) is 15.6. The minimum atomic E-state index is -0.511. The molecule has 1 amide bonds. The Bertz CT molecular complexity index is 649. The fourth-order valence-electron chi connectivity index (χ4n) is 4.81. The van der Waals surface area contributed by atoms with Crippen LogP contribution in [0.3, 0.4) is 0 Å². The molecule has 5 N–H and O–H groups in total. The predicted octanol–water partition coefficient (Wildman–Crippen LogP) is 1.65. The van der Waals surface area contributed by atoms with Gasteiger partial charge < -0.3 is 21.5 Å². The van der Waals surface area contributed by atoms with E-state index in [4.69, 9.17) is 5.73 Å². The Labute approximate surface area is 141 Å². The van der Waals surface area contributed by atoms with E-state index < -0.39 is 5.91 Å². The van der Waals surface area contributed by atoms with Crippen molar-refractivity contribution < 1.29 is 9.90 Å². The Balaban J connectivity index is 1.49. The van der Waals surface area contributed by atoms with Gasteiger partial charge in [-0.05, 0) is 50.4 Å². The van der Waals surface area contributed by atoms with Gasteiger partial charge in [0.05, 0.1) is 11.7 Å². The molecule has 1 heterocycles. The second-order valence-corrected chi connectivity index (χ2v) is 8.22. The number of anilines is 2. The van der Waals surface area contributed by atoms with E-state index in [0.717, 1.165) is 44.9 Å². The van der Waals surface area contributed by atoms with Crippen LogP contribution in [0.25, 0.3) is 0 Å². The van der Waals surface area contributed by atoms with Crippen molar-refractivity contribution in [2.75, 3.05) is 10.6 Å². The number of rotatable bonds is 5. The van der Waals surface area contributed by atoms with Crippen LogP contribution in [0.1, 0.15) is 62.2 Å². The van der Waals surface area contributed by atoms with Crippen molar-refractivity contribution in [3.63, 3.8) is 0 Å². The van der Waals surface area contributed by atoms with Crippen molar-refractivity contribution in [1.29, 1.82) is 0 Å². The number of nitrogens with two attached hydrogens (primary N) is 1. The normalized spacial score (nSPS) is 37.1. The van der Waals surface area contributed by atoms with Gasteiger partial charge in [0, 0.05) is 17.8 Å². The quantitative estimate of drug-likeness (QED) is 0.652. The summed E-state index contributed by atoms with van der Waals surface area (Å²) in [7, 11) is 0. The van der Waals surface area contributed by atoms with E-state index in [1.54, 1.807) is 0 Å². The molecule has 2 bridgehead atoms. The minimum Gasteiger partial charge on any atom is -0.393 e. The third kappa shape index (κ3) is 2.70. The molecule has 4 saturated carbocycles. The first-order chi connectivity index (χ1) is 11.4. The lowest BCUT2D eigenvalue weighted by molar-refractivity contribution is -0.1000. The van der Waals surface area contributed by atoms with Gasteiger partial charge in [0.2, 0.25) is 5.95 Å². The molecule has 0 saturated heterocycles. The Morgan fingerprint density at radius 2 is 1.96 bits per heavy atom. The van der Waals surface area contributed by atoms with E-state index in [9.17, 15) is 9.90 Å². The van der Waals surface area contributed by atoms with Crippen molar-refractivity contribution >= 4 is 17.7 Å². The largest absolute Gasteiger partial charge is 0.393 e. The van der Waals surface area contributed by atoms with Crippen molar-refractivity contribution in [2.45, 2.75) is 69.6 Å². The molecule has 7 nitrogen and oxygen atoms in total. The second-order valence-electron chi connectivity index (χ2n) is 8.22. The van der Waals surface area contributed by atoms with Gasteiger partial charge in [-0.25, -0.2) is 4.98 Å². The van der Waals surface area contributed by atoms with Crippen LogP contribution < -0.4 is 16.4 Å². The van der Waals surface area contributed by atoms with Gasteiger partial charge in [-0.1, -0.05) is 6.92 Å². The summed E-state index contributed by atoms with van der Waals surface area (Å²) in [4.78, 5) is 20.5. The van der Waals surface area contributed by atoms with Crippen molar-refractivity contribution in [1.82, 2.24) is 9.97 Å². The fourth-order valence-corrected chi connectivity index (χ4v) is 4.81. The number of carbonyl (C=O) groups is 1. The highest BCUT2D eigenvalue weighted by Gasteiger charge is 2.65. The Morgan fingerprint density at radius 1 is 1.29 bits per heavy atom. The molecular weight excluding hydrogens is 306 g/mol. The van der Waals surface area contributed by atoms with Gasteiger partial charge in [-0.2, -0.15) is 4.98 Å². The number of hydrogen-bond acceptors (Lipinski definition) is 6. The second kappa shape index (κ2) is 5.31. The molecule has 7 heteroatoms. The molecule has 24 heavy (non-hydrogen) atoms. The van der Waals surface area contributed by atoms with Gasteiger partial charge in [-0.3, -0.25) is 4.79 Å². The number of nitrogens with one attached hydrogen (secondary N) is 2. The van der Waals surface area contributed by atoms with Crippen LogP contribution in [0.2, 0.25) is 0 Å². The lowest BCUT2D eigenvalue weighted by Gasteiger charge is -2.69. The smallest absolute Gasteiger partial charge is 0.254 e. The lowest BCUT2D eigenvalue weighted by Crippen LogP contribution is -2.69. The van der Waals surface area contributed by atoms with Crippen LogP contribution in [-0.2, 0) is 0 Å². The molecule has 0 unspecified atom stereocenters. The Hall–Kier alpha value is -1.89. The minimum absolute atomic E-state index is 0.0829. The topological polar surface area (TPSA) is 113 Å². The fraction of sp³-hybridized carbons (Fsp3) is 0.706. The van der Waals surface area contributed by atoms with Crippen LogP contribution >= 0.6 is 0 Å². The molecule has 0 aromatic carbocycles. The van der Waals surface area contributed by atoms with Crippen LogP contribution in [0, 0.1) is 5.41 Å². The van der Waals surface area contributed by atoms with Crippen molar-refractivity contribution in [2.24, 2.45) is 11.1 Å². The number of hydrogen-bond donors (Lipinski definition) is 4. The maximum Gasteiger partial charge on any atom is 0.254 e. The summed E-state index contributed by atoms with van der Waals surface area (Å²) in [5, 5.41) is 16.4. The molecule has 0 atom stereocenters. The number of nitrogens with zero attached hydrogens (tertiary/aromatic N) is 2. The summed E-state index contributed by atoms with van der Waals surface area (Å²) in [6, 6.07) is 0.259. The van der Waals surface area contributed by atoms with Gasteiger partial charge in [0.15, 0.2) is 0 Å². The van der Waals surface area contributed by atoms with Crippen LogP contribution in [-0.4, -0.2) is 38.7 Å². The molecule has 130 valence electrons. The molecule has 0 aliphatic heterocycles. The number of amides is 1. The first-order valence-corrected chi connectivity index (χ1v) is 8.76. The van der Waals surface area contributed by atoms with E-state index >= 15 is 0 Å². The van der Waals surface area contributed by atoms with E-state index in [-0.39, 0.29) is 17.7 Å². The van der Waals surface area contributed by atoms with Crippen LogP contribution in [0.15, 0.2) is 6.20 Å². The van der Waals surface area contributed by atoms with Crippen molar-refractivity contribution in [3.8, 4) is 0 Å². The van der Waals surface area contributed by atoms with E-state index in [2.05, 4.69) is 27.5 Å². The van der Waals surface area contributed by atoms with Crippen LogP contribution in [0.5, 0.6) is 0 Å². The summed E-state index contributed by atoms with van der Waals surface area (Å²) >= 11 is 0. The molecule has 0 spiro atoms. The zero-order valence-electron chi connectivity index (χ0n) is 14.0. The average molecular weight is 331 g/mol. The number of carbonyl (C=O) groups excluding carboxylic acids is 1. The van der Waals surface area contributed by atoms with Gasteiger partial charge in [-0.15, -0.1) is 0 Å². The van der Waals surface area contributed by atoms with E-state index in [1.165, 1.54) is 6.20 Å².